The number of hydrogen-bond acceptors (Lipinski definition) is 10. The third-order valence-corrected chi connectivity index (χ3v) is 6.28. The highest BCUT2D eigenvalue weighted by molar-refractivity contribution is 4.98. The van der Waals surface area contributed by atoms with E-state index in [2.05, 4.69) is 0 Å². The Kier molecular flexibility index (Phi) is 7.82. The maximum atomic E-state index is 10.4. The summed E-state index contributed by atoms with van der Waals surface area (Å²) in [5, 5.41) is 60.4. The molecule has 2 fully saturated rings. The van der Waals surface area contributed by atoms with Gasteiger partial charge in [-0.05, 0) is 13.8 Å². The molecule has 10 heteroatoms. The van der Waals surface area contributed by atoms with Crippen LogP contribution in [0.4, 0.5) is 0 Å². The van der Waals surface area contributed by atoms with E-state index < -0.39 is 66.5 Å². The average molecular weight is 410 g/mol. The Morgan fingerprint density at radius 2 is 1.43 bits per heavy atom. The lowest BCUT2D eigenvalue weighted by molar-refractivity contribution is -0.323. The molecule has 0 saturated carbocycles. The fraction of sp³-hybridized carbons (Fsp3) is 1.00. The number of rotatable bonds is 7. The van der Waals surface area contributed by atoms with Crippen LogP contribution in [-0.4, -0.2) is 112 Å². The maximum absolute atomic E-state index is 10.4. The van der Waals surface area contributed by atoms with E-state index in [0.717, 1.165) is 0 Å². The molecule has 2 saturated heterocycles. The van der Waals surface area contributed by atoms with E-state index >= 15 is 0 Å². The lowest BCUT2D eigenvalue weighted by Crippen LogP contribution is -2.63. The third kappa shape index (κ3) is 4.36. The molecule has 0 bridgehead atoms. The molecular formula is C18H34O10. The molecule has 2 heterocycles. The van der Waals surface area contributed by atoms with Crippen molar-refractivity contribution in [2.75, 3.05) is 33.5 Å². The van der Waals surface area contributed by atoms with Gasteiger partial charge in [-0.25, -0.2) is 0 Å². The van der Waals surface area contributed by atoms with Crippen molar-refractivity contribution < 1.29 is 49.6 Å². The van der Waals surface area contributed by atoms with E-state index in [0.29, 0.717) is 0 Å². The van der Waals surface area contributed by atoms with E-state index in [-0.39, 0.29) is 19.8 Å². The molecule has 166 valence electrons. The number of hydrogen-bond donors (Lipinski definition) is 6. The summed E-state index contributed by atoms with van der Waals surface area (Å²) in [4.78, 5) is 0. The Hall–Kier alpha value is -0.400. The quantitative estimate of drug-likeness (QED) is 0.267. The second-order valence-electron chi connectivity index (χ2n) is 8.21. The maximum Gasteiger partial charge on any atom is 0.186 e. The van der Waals surface area contributed by atoms with Gasteiger partial charge in [-0.2, -0.15) is 0 Å². The highest BCUT2D eigenvalue weighted by Crippen LogP contribution is 2.37. The van der Waals surface area contributed by atoms with Crippen LogP contribution in [-0.2, 0) is 18.9 Å². The Balaban J connectivity index is 2.02. The van der Waals surface area contributed by atoms with Crippen molar-refractivity contribution in [1.29, 1.82) is 0 Å². The Morgan fingerprint density at radius 3 is 1.96 bits per heavy atom. The molecule has 0 spiro atoms. The second kappa shape index (κ2) is 9.17. The van der Waals surface area contributed by atoms with E-state index in [9.17, 15) is 30.6 Å². The van der Waals surface area contributed by atoms with Crippen LogP contribution in [0, 0.1) is 11.8 Å². The summed E-state index contributed by atoms with van der Waals surface area (Å²) in [5.41, 5.74) is -2.26. The average Bonchev–Trinajstić information content (AvgIpc) is 2.69. The number of aliphatic hydroxyl groups excluding tert-OH is 6. The van der Waals surface area contributed by atoms with Gasteiger partial charge in [-0.3, -0.25) is 0 Å². The van der Waals surface area contributed by atoms with Crippen LogP contribution in [0.15, 0.2) is 0 Å². The first-order valence-electron chi connectivity index (χ1n) is 9.44. The molecule has 0 radical (unpaired) electrons. The van der Waals surface area contributed by atoms with Crippen molar-refractivity contribution >= 4 is 0 Å². The fourth-order valence-electron chi connectivity index (χ4n) is 3.82. The molecule has 28 heavy (non-hydrogen) atoms. The predicted octanol–water partition coefficient (Wildman–Crippen LogP) is -2.40. The predicted molar refractivity (Wildman–Crippen MR) is 95.2 cm³/mol. The van der Waals surface area contributed by atoms with Crippen LogP contribution in [0.25, 0.3) is 0 Å². The molecule has 0 amide bonds. The van der Waals surface area contributed by atoms with Crippen molar-refractivity contribution in [2.24, 2.45) is 11.8 Å². The topological polar surface area (TPSA) is 158 Å². The smallest absolute Gasteiger partial charge is 0.186 e. The van der Waals surface area contributed by atoms with Crippen LogP contribution in [0.5, 0.6) is 0 Å². The molecule has 10 unspecified atom stereocenters. The summed E-state index contributed by atoms with van der Waals surface area (Å²) in [6.45, 7) is 3.87. The van der Waals surface area contributed by atoms with Crippen molar-refractivity contribution in [3.05, 3.63) is 0 Å². The Bertz CT molecular complexity index is 507. The Morgan fingerprint density at radius 1 is 0.821 bits per heavy atom. The zero-order valence-corrected chi connectivity index (χ0v) is 16.8. The van der Waals surface area contributed by atoms with Crippen molar-refractivity contribution in [2.45, 2.75) is 68.8 Å². The van der Waals surface area contributed by atoms with E-state index in [4.69, 9.17) is 18.9 Å². The van der Waals surface area contributed by atoms with E-state index in [1.54, 1.807) is 20.8 Å². The molecule has 2 rings (SSSR count). The molecule has 6 N–H and O–H groups in total. The summed E-state index contributed by atoms with van der Waals surface area (Å²) >= 11 is 0. The summed E-state index contributed by atoms with van der Waals surface area (Å²) in [6.07, 6.45) is -6.91. The molecule has 2 aliphatic heterocycles. The van der Waals surface area contributed by atoms with Gasteiger partial charge in [0.15, 0.2) is 6.29 Å². The number of ether oxygens (including phenoxy) is 4. The van der Waals surface area contributed by atoms with Crippen molar-refractivity contribution in [3.8, 4) is 0 Å². The first kappa shape index (κ1) is 23.9. The monoisotopic (exact) mass is 410 g/mol. The standard InChI is InChI=1S/C18H34O10/c1-9-12(21)14(23)11(27-17(9,2)7-19)6-26-5-10-13(22)15(24)16(25-4)28-18(10,3)8-20/h9-16,19-24H,5-8H2,1-4H3. The van der Waals surface area contributed by atoms with Gasteiger partial charge in [0.1, 0.15) is 18.3 Å². The first-order valence-corrected chi connectivity index (χ1v) is 9.44. The normalized spacial score (nSPS) is 49.9. The van der Waals surface area contributed by atoms with Gasteiger partial charge >= 0.3 is 0 Å². The molecule has 2 aliphatic rings. The minimum absolute atomic E-state index is 0.111. The summed E-state index contributed by atoms with van der Waals surface area (Å²) in [7, 11) is 1.32. The highest BCUT2D eigenvalue weighted by Gasteiger charge is 2.52. The summed E-state index contributed by atoms with van der Waals surface area (Å²) in [6, 6.07) is 0. The van der Waals surface area contributed by atoms with Crippen molar-refractivity contribution in [1.82, 2.24) is 0 Å². The fourth-order valence-corrected chi connectivity index (χ4v) is 3.82. The third-order valence-electron chi connectivity index (χ3n) is 6.28. The van der Waals surface area contributed by atoms with E-state index in [1.165, 1.54) is 7.11 Å². The van der Waals surface area contributed by atoms with E-state index in [1.807, 2.05) is 0 Å². The molecule has 0 aromatic carbocycles. The van der Waals surface area contributed by atoms with Crippen LogP contribution in [0.3, 0.4) is 0 Å². The highest BCUT2D eigenvalue weighted by atomic mass is 16.7. The Labute approximate surface area is 164 Å². The SMILES string of the molecule is COC1OC(C)(CO)C(COCC2OC(C)(CO)C(C)C(O)C2O)C(O)C1O. The minimum atomic E-state index is -1.32. The zero-order valence-electron chi connectivity index (χ0n) is 16.8. The van der Waals surface area contributed by atoms with Crippen LogP contribution >= 0.6 is 0 Å². The molecule has 10 atom stereocenters. The second-order valence-corrected chi connectivity index (χ2v) is 8.21. The van der Waals surface area contributed by atoms with Crippen LogP contribution in [0.2, 0.25) is 0 Å². The molecule has 10 nitrogen and oxygen atoms in total. The van der Waals surface area contributed by atoms with Gasteiger partial charge < -0.3 is 49.6 Å². The molecular weight excluding hydrogens is 376 g/mol. The largest absolute Gasteiger partial charge is 0.393 e. The first-order chi connectivity index (χ1) is 13.0. The summed E-state index contributed by atoms with van der Waals surface area (Å²) in [5.74, 6) is -1.27. The number of methoxy groups -OCH3 is 1. The summed E-state index contributed by atoms with van der Waals surface area (Å²) < 4.78 is 22.0. The lowest BCUT2D eigenvalue weighted by atomic mass is 9.79. The van der Waals surface area contributed by atoms with Gasteiger partial charge in [-0.1, -0.05) is 6.92 Å². The van der Waals surface area contributed by atoms with Gasteiger partial charge in [0.2, 0.25) is 0 Å². The van der Waals surface area contributed by atoms with Crippen molar-refractivity contribution in [3.63, 3.8) is 0 Å². The lowest BCUT2D eigenvalue weighted by Gasteiger charge is -2.49. The number of aliphatic hydroxyl groups is 6. The van der Waals surface area contributed by atoms with Gasteiger partial charge in [0.25, 0.3) is 0 Å². The van der Waals surface area contributed by atoms with Gasteiger partial charge in [0.05, 0.1) is 49.8 Å². The zero-order chi connectivity index (χ0) is 21.3. The molecule has 0 aliphatic carbocycles. The van der Waals surface area contributed by atoms with Gasteiger partial charge in [-0.15, -0.1) is 0 Å². The van der Waals surface area contributed by atoms with Crippen LogP contribution in [0.1, 0.15) is 20.8 Å². The molecule has 0 aromatic rings. The minimum Gasteiger partial charge on any atom is -0.393 e. The molecule has 0 aromatic heterocycles. The van der Waals surface area contributed by atoms with Crippen LogP contribution < -0.4 is 0 Å². The van der Waals surface area contributed by atoms with Gasteiger partial charge in [0, 0.05) is 18.9 Å².